The smallest absolute Gasteiger partial charge is 0.320 e. The average molecular weight is 354 g/mol. The Morgan fingerprint density at radius 2 is 1.88 bits per heavy atom. The lowest BCUT2D eigenvalue weighted by atomic mass is 9.76. The summed E-state index contributed by atoms with van der Waals surface area (Å²) in [5, 5.41) is 12.1. The molecule has 0 aromatic heterocycles. The summed E-state index contributed by atoms with van der Waals surface area (Å²) in [6, 6.07) is 1.40. The molecule has 1 aromatic rings. The second-order valence-corrected chi connectivity index (χ2v) is 6.73. The second-order valence-electron chi connectivity index (χ2n) is 6.73. The van der Waals surface area contributed by atoms with Crippen LogP contribution in [0.5, 0.6) is 5.75 Å². The molecule has 1 amide bonds. The molecule has 0 radical (unpaired) electrons. The highest BCUT2D eigenvalue weighted by Crippen LogP contribution is 2.39. The molecule has 2 aliphatic rings. The van der Waals surface area contributed by atoms with E-state index in [1.165, 1.54) is 12.0 Å². The Balaban J connectivity index is 1.70. The summed E-state index contributed by atoms with van der Waals surface area (Å²) < 4.78 is 33.0. The number of amides is 1. The number of hydrogen-bond donors (Lipinski definition) is 2. The number of carbonyl (C=O) groups excluding carboxylic acids is 1. The first-order valence-corrected chi connectivity index (χ1v) is 8.14. The van der Waals surface area contributed by atoms with Crippen molar-refractivity contribution in [2.45, 2.75) is 25.3 Å². The van der Waals surface area contributed by atoms with Gasteiger partial charge in [-0.15, -0.1) is 0 Å². The zero-order valence-electron chi connectivity index (χ0n) is 13.8. The normalized spacial score (nSPS) is 22.2. The highest BCUT2D eigenvalue weighted by Gasteiger charge is 2.44. The van der Waals surface area contributed by atoms with Gasteiger partial charge in [0, 0.05) is 31.8 Å². The maximum absolute atomic E-state index is 14.1. The summed E-state index contributed by atoms with van der Waals surface area (Å²) in [6.07, 6.45) is 1.72. The number of carboxylic acids is 1. The van der Waals surface area contributed by atoms with Gasteiger partial charge in [-0.1, -0.05) is 0 Å². The first-order chi connectivity index (χ1) is 11.8. The Bertz CT molecular complexity index is 679. The molecule has 2 heterocycles. The first kappa shape index (κ1) is 17.6. The van der Waals surface area contributed by atoms with Crippen molar-refractivity contribution in [1.29, 1.82) is 0 Å². The van der Waals surface area contributed by atoms with Crippen molar-refractivity contribution in [3.8, 4) is 5.75 Å². The third kappa shape index (κ3) is 3.30. The molecule has 1 aromatic carbocycles. The van der Waals surface area contributed by atoms with Crippen molar-refractivity contribution < 1.29 is 28.2 Å². The number of hydrogen-bond acceptors (Lipinski definition) is 4. The summed E-state index contributed by atoms with van der Waals surface area (Å²) in [7, 11) is 1.29. The molecule has 2 saturated heterocycles. The number of carbonyl (C=O) groups is 2. The topological polar surface area (TPSA) is 78.9 Å². The molecule has 0 bridgehead atoms. The molecular weight excluding hydrogens is 334 g/mol. The van der Waals surface area contributed by atoms with Crippen LogP contribution >= 0.6 is 0 Å². The molecule has 8 heteroatoms. The fourth-order valence-electron chi connectivity index (χ4n) is 3.69. The number of rotatable bonds is 3. The van der Waals surface area contributed by atoms with Crippen LogP contribution in [0.15, 0.2) is 12.1 Å². The minimum atomic E-state index is -0.949. The van der Waals surface area contributed by atoms with Crippen LogP contribution in [0, 0.1) is 17.0 Å². The van der Waals surface area contributed by atoms with Gasteiger partial charge in [-0.05, 0) is 24.7 Å². The second kappa shape index (κ2) is 6.59. The zero-order chi connectivity index (χ0) is 18.2. The molecular formula is C17H20F2N2O4. The van der Waals surface area contributed by atoms with Gasteiger partial charge in [-0.25, -0.2) is 8.78 Å². The van der Waals surface area contributed by atoms with Gasteiger partial charge < -0.3 is 20.1 Å². The summed E-state index contributed by atoms with van der Waals surface area (Å²) in [5.41, 5.74) is -0.749. The van der Waals surface area contributed by atoms with Crippen molar-refractivity contribution in [2.75, 3.05) is 26.7 Å². The van der Waals surface area contributed by atoms with Crippen LogP contribution < -0.4 is 10.1 Å². The van der Waals surface area contributed by atoms with E-state index >= 15 is 0 Å². The van der Waals surface area contributed by atoms with Gasteiger partial charge in [0.2, 0.25) is 0 Å². The Labute approximate surface area is 143 Å². The zero-order valence-corrected chi connectivity index (χ0v) is 13.8. The van der Waals surface area contributed by atoms with Gasteiger partial charge in [-0.2, -0.15) is 0 Å². The van der Waals surface area contributed by atoms with E-state index in [-0.39, 0.29) is 11.2 Å². The molecule has 1 spiro atoms. The van der Waals surface area contributed by atoms with Gasteiger partial charge >= 0.3 is 5.97 Å². The standard InChI is InChI=1S/C17H20F2N2O4/c1-25-10-6-11(18)14(12(19)7-10)15(22)21-4-2-17(3-5-21)8-13(16(23)24)20-9-17/h6-7,13,20H,2-5,8-9H2,1H3,(H,23,24)/t13-/m1/s1. The third-order valence-electron chi connectivity index (χ3n) is 5.24. The Hall–Kier alpha value is -2.22. The lowest BCUT2D eigenvalue weighted by Crippen LogP contribution is -2.44. The van der Waals surface area contributed by atoms with Crippen LogP contribution in [-0.2, 0) is 4.79 Å². The number of carboxylic acid groups (broad SMARTS) is 1. The van der Waals surface area contributed by atoms with Gasteiger partial charge in [0.1, 0.15) is 29.0 Å². The number of nitrogens with zero attached hydrogens (tertiary/aromatic N) is 1. The van der Waals surface area contributed by atoms with Crippen molar-refractivity contribution >= 4 is 11.9 Å². The van der Waals surface area contributed by atoms with Crippen LogP contribution in [0.1, 0.15) is 29.6 Å². The molecule has 25 heavy (non-hydrogen) atoms. The number of likely N-dealkylation sites (tertiary alicyclic amines) is 1. The summed E-state index contributed by atoms with van der Waals surface area (Å²) in [5.74, 6) is -3.45. The molecule has 0 saturated carbocycles. The molecule has 2 fully saturated rings. The van der Waals surface area contributed by atoms with E-state index < -0.39 is 35.1 Å². The molecule has 2 aliphatic heterocycles. The number of piperidine rings is 1. The molecule has 0 unspecified atom stereocenters. The van der Waals surface area contributed by atoms with Gasteiger partial charge in [0.15, 0.2) is 0 Å². The number of aliphatic carboxylic acids is 1. The van der Waals surface area contributed by atoms with E-state index in [4.69, 9.17) is 9.84 Å². The maximum atomic E-state index is 14.1. The van der Waals surface area contributed by atoms with Crippen molar-refractivity contribution in [3.05, 3.63) is 29.3 Å². The van der Waals surface area contributed by atoms with E-state index in [1.54, 1.807) is 0 Å². The Morgan fingerprint density at radius 1 is 1.28 bits per heavy atom. The van der Waals surface area contributed by atoms with Gasteiger partial charge in [0.05, 0.1) is 7.11 Å². The SMILES string of the molecule is COc1cc(F)c(C(=O)N2CCC3(CC2)CN[C@@H](C(=O)O)C3)c(F)c1. The highest BCUT2D eigenvalue weighted by atomic mass is 19.1. The van der Waals surface area contributed by atoms with Gasteiger partial charge in [-0.3, -0.25) is 9.59 Å². The predicted octanol–water partition coefficient (Wildman–Crippen LogP) is 1.64. The number of ether oxygens (including phenoxy) is 1. The lowest BCUT2D eigenvalue weighted by Gasteiger charge is -2.39. The molecule has 3 rings (SSSR count). The lowest BCUT2D eigenvalue weighted by molar-refractivity contribution is -0.139. The Kier molecular flexibility index (Phi) is 4.64. The highest BCUT2D eigenvalue weighted by molar-refractivity contribution is 5.95. The minimum absolute atomic E-state index is 0.0147. The van der Waals surface area contributed by atoms with Crippen molar-refractivity contribution in [1.82, 2.24) is 10.2 Å². The fraction of sp³-hybridized carbons (Fsp3) is 0.529. The molecule has 6 nitrogen and oxygen atoms in total. The largest absolute Gasteiger partial charge is 0.497 e. The molecule has 1 atom stereocenters. The molecule has 2 N–H and O–H groups in total. The monoisotopic (exact) mass is 354 g/mol. The number of benzene rings is 1. The maximum Gasteiger partial charge on any atom is 0.320 e. The number of nitrogens with one attached hydrogen (secondary N) is 1. The third-order valence-corrected chi connectivity index (χ3v) is 5.24. The number of methoxy groups -OCH3 is 1. The van der Waals surface area contributed by atoms with E-state index in [0.717, 1.165) is 12.1 Å². The average Bonchev–Trinajstić information content (AvgIpc) is 2.98. The van der Waals surface area contributed by atoms with Crippen molar-refractivity contribution in [3.63, 3.8) is 0 Å². The van der Waals surface area contributed by atoms with Crippen LogP contribution in [0.25, 0.3) is 0 Å². The van der Waals surface area contributed by atoms with E-state index in [9.17, 15) is 18.4 Å². The van der Waals surface area contributed by atoms with Crippen LogP contribution in [-0.4, -0.2) is 54.7 Å². The Morgan fingerprint density at radius 3 is 2.36 bits per heavy atom. The summed E-state index contributed by atoms with van der Waals surface area (Å²) in [4.78, 5) is 25.0. The predicted molar refractivity (Wildman–Crippen MR) is 84.5 cm³/mol. The van der Waals surface area contributed by atoms with E-state index in [2.05, 4.69) is 5.32 Å². The van der Waals surface area contributed by atoms with E-state index in [1.807, 2.05) is 0 Å². The number of halogens is 2. The fourth-order valence-corrected chi connectivity index (χ4v) is 3.69. The van der Waals surface area contributed by atoms with Gasteiger partial charge in [0.25, 0.3) is 5.91 Å². The summed E-state index contributed by atoms with van der Waals surface area (Å²) in [6.45, 7) is 1.27. The van der Waals surface area contributed by atoms with E-state index in [0.29, 0.717) is 38.9 Å². The quantitative estimate of drug-likeness (QED) is 0.863. The van der Waals surface area contributed by atoms with Crippen molar-refractivity contribution in [2.24, 2.45) is 5.41 Å². The molecule has 136 valence electrons. The minimum Gasteiger partial charge on any atom is -0.497 e. The van der Waals surface area contributed by atoms with Crippen LogP contribution in [0.3, 0.4) is 0 Å². The summed E-state index contributed by atoms with van der Waals surface area (Å²) >= 11 is 0. The van der Waals surface area contributed by atoms with Crippen LogP contribution in [0.4, 0.5) is 8.78 Å². The van der Waals surface area contributed by atoms with Crippen LogP contribution in [0.2, 0.25) is 0 Å². The first-order valence-electron chi connectivity index (χ1n) is 8.14. The molecule has 0 aliphatic carbocycles.